The molecule has 2 atom stereocenters. The molecule has 0 aromatic rings. The molecule has 0 spiro atoms. The molecule has 1 saturated heterocycles. The van der Waals surface area contributed by atoms with E-state index in [4.69, 9.17) is 11.2 Å². The molecule has 1 N–H and O–H groups in total. The molecule has 1 heterocycles. The molecule has 0 aromatic carbocycles. The van der Waals surface area contributed by atoms with Gasteiger partial charge in [-0.1, -0.05) is 6.92 Å². The molecule has 0 bridgehead atoms. The monoisotopic (exact) mass is 196 g/mol. The van der Waals surface area contributed by atoms with Crippen molar-refractivity contribution in [1.82, 2.24) is 10.2 Å². The largest absolute Gasteiger partial charge is 0.374 e. The van der Waals surface area contributed by atoms with Crippen molar-refractivity contribution in [3.63, 3.8) is 0 Å². The first kappa shape index (κ1) is 11.5. The fraction of sp³-hybridized carbons (Fsp3) is 0.818. The highest BCUT2D eigenvalue weighted by Gasteiger charge is 2.25. The van der Waals surface area contributed by atoms with E-state index < -0.39 is 0 Å². The first-order valence-corrected chi connectivity index (χ1v) is 5.25. The summed E-state index contributed by atoms with van der Waals surface area (Å²) in [5.41, 5.74) is 0. The zero-order chi connectivity index (χ0) is 10.4. The molecular formula is C11H20N2O. The van der Waals surface area contributed by atoms with Crippen molar-refractivity contribution in [1.29, 1.82) is 0 Å². The zero-order valence-electron chi connectivity index (χ0n) is 9.12. The Hall–Kier alpha value is -0.560. The van der Waals surface area contributed by atoms with Gasteiger partial charge in [0.25, 0.3) is 0 Å². The number of morpholine rings is 1. The summed E-state index contributed by atoms with van der Waals surface area (Å²) in [5, 5.41) is 3.38. The fourth-order valence-corrected chi connectivity index (χ4v) is 1.78. The first-order valence-electron chi connectivity index (χ1n) is 5.25. The molecular weight excluding hydrogens is 176 g/mol. The third-order valence-corrected chi connectivity index (χ3v) is 2.55. The standard InChI is InChI=1S/C11H20N2O/c1-4-6-10(12-5-2)11-9-13(3)7-8-14-11/h1,10-12H,5-9H2,2-3H3. The molecule has 80 valence electrons. The minimum absolute atomic E-state index is 0.241. The third kappa shape index (κ3) is 3.30. The van der Waals surface area contributed by atoms with Gasteiger partial charge in [0.05, 0.1) is 12.7 Å². The van der Waals surface area contributed by atoms with Gasteiger partial charge in [-0.05, 0) is 13.6 Å². The van der Waals surface area contributed by atoms with E-state index in [1.807, 2.05) is 0 Å². The number of nitrogens with one attached hydrogen (secondary N) is 1. The van der Waals surface area contributed by atoms with Gasteiger partial charge in [-0.25, -0.2) is 0 Å². The molecule has 1 aliphatic rings. The highest BCUT2D eigenvalue weighted by Crippen LogP contribution is 2.09. The normalized spacial score (nSPS) is 25.6. The molecule has 1 fully saturated rings. The molecule has 0 aromatic heterocycles. The minimum Gasteiger partial charge on any atom is -0.374 e. The highest BCUT2D eigenvalue weighted by atomic mass is 16.5. The Bertz CT molecular complexity index is 200. The number of rotatable bonds is 4. The van der Waals surface area contributed by atoms with E-state index in [1.54, 1.807) is 0 Å². The summed E-state index contributed by atoms with van der Waals surface area (Å²) in [6, 6.07) is 0.299. The second kappa shape index (κ2) is 6.02. The zero-order valence-corrected chi connectivity index (χ0v) is 9.12. The van der Waals surface area contributed by atoms with Gasteiger partial charge in [-0.15, -0.1) is 12.3 Å². The number of ether oxygens (including phenoxy) is 1. The lowest BCUT2D eigenvalue weighted by Crippen LogP contribution is -2.51. The Balaban J connectivity index is 2.45. The molecule has 1 rings (SSSR count). The molecule has 0 radical (unpaired) electrons. The van der Waals surface area contributed by atoms with Crippen LogP contribution < -0.4 is 5.32 Å². The van der Waals surface area contributed by atoms with E-state index >= 15 is 0 Å². The highest BCUT2D eigenvalue weighted by molar-refractivity contribution is 4.94. The van der Waals surface area contributed by atoms with E-state index in [-0.39, 0.29) is 6.10 Å². The summed E-state index contributed by atoms with van der Waals surface area (Å²) in [6.45, 7) is 5.84. The lowest BCUT2D eigenvalue weighted by molar-refractivity contribution is -0.0373. The van der Waals surface area contributed by atoms with Gasteiger partial charge in [0.1, 0.15) is 0 Å². The van der Waals surface area contributed by atoms with Gasteiger partial charge in [0.15, 0.2) is 0 Å². The molecule has 0 amide bonds. The molecule has 0 saturated carbocycles. The second-order valence-corrected chi connectivity index (χ2v) is 3.74. The summed E-state index contributed by atoms with van der Waals surface area (Å²) in [6.07, 6.45) is 6.32. The van der Waals surface area contributed by atoms with Crippen molar-refractivity contribution in [2.45, 2.75) is 25.5 Å². The van der Waals surface area contributed by atoms with Crippen molar-refractivity contribution < 1.29 is 4.74 Å². The van der Waals surface area contributed by atoms with Crippen LogP contribution in [0.2, 0.25) is 0 Å². The summed E-state index contributed by atoms with van der Waals surface area (Å²) in [4.78, 5) is 2.29. The quantitative estimate of drug-likeness (QED) is 0.655. The van der Waals surface area contributed by atoms with Crippen LogP contribution in [0.4, 0.5) is 0 Å². The van der Waals surface area contributed by atoms with E-state index in [2.05, 4.69) is 30.1 Å². The van der Waals surface area contributed by atoms with E-state index in [9.17, 15) is 0 Å². The smallest absolute Gasteiger partial charge is 0.0864 e. The van der Waals surface area contributed by atoms with E-state index in [0.29, 0.717) is 6.04 Å². The Morgan fingerprint density at radius 1 is 1.71 bits per heavy atom. The summed E-state index contributed by atoms with van der Waals surface area (Å²) in [7, 11) is 2.12. The first-order chi connectivity index (χ1) is 6.77. The van der Waals surface area contributed by atoms with Gasteiger partial charge >= 0.3 is 0 Å². The fourth-order valence-electron chi connectivity index (χ4n) is 1.78. The van der Waals surface area contributed by atoms with Gasteiger partial charge in [0, 0.05) is 25.6 Å². The van der Waals surface area contributed by atoms with Crippen molar-refractivity contribution in [3.05, 3.63) is 0 Å². The van der Waals surface area contributed by atoms with E-state index in [0.717, 1.165) is 32.7 Å². The van der Waals surface area contributed by atoms with Crippen molar-refractivity contribution >= 4 is 0 Å². The maximum atomic E-state index is 5.72. The van der Waals surface area contributed by atoms with Gasteiger partial charge in [-0.3, -0.25) is 0 Å². The average molecular weight is 196 g/mol. The van der Waals surface area contributed by atoms with Crippen LogP contribution in [0.3, 0.4) is 0 Å². The van der Waals surface area contributed by atoms with E-state index in [1.165, 1.54) is 0 Å². The van der Waals surface area contributed by atoms with Crippen LogP contribution in [0.15, 0.2) is 0 Å². The topological polar surface area (TPSA) is 24.5 Å². The molecule has 3 heteroatoms. The van der Waals surface area contributed by atoms with Crippen LogP contribution in [0.25, 0.3) is 0 Å². The minimum atomic E-state index is 0.241. The number of likely N-dealkylation sites (N-methyl/N-ethyl adjacent to an activating group) is 2. The van der Waals surface area contributed by atoms with Crippen LogP contribution in [-0.4, -0.2) is 50.3 Å². The molecule has 0 aliphatic carbocycles. The number of terminal acetylenes is 1. The maximum Gasteiger partial charge on any atom is 0.0864 e. The van der Waals surface area contributed by atoms with Crippen LogP contribution in [0, 0.1) is 12.3 Å². The average Bonchev–Trinajstić information content (AvgIpc) is 2.17. The maximum absolute atomic E-state index is 5.72. The second-order valence-electron chi connectivity index (χ2n) is 3.74. The summed E-state index contributed by atoms with van der Waals surface area (Å²) >= 11 is 0. The summed E-state index contributed by atoms with van der Waals surface area (Å²) < 4.78 is 5.72. The Morgan fingerprint density at radius 3 is 3.07 bits per heavy atom. The predicted molar refractivity (Wildman–Crippen MR) is 58.2 cm³/mol. The molecule has 3 nitrogen and oxygen atoms in total. The number of hydrogen-bond donors (Lipinski definition) is 1. The molecule has 14 heavy (non-hydrogen) atoms. The van der Waals surface area contributed by atoms with Gasteiger partial charge in [-0.2, -0.15) is 0 Å². The lowest BCUT2D eigenvalue weighted by atomic mass is 10.1. The SMILES string of the molecule is C#CCC(NCC)C1CN(C)CCO1. The van der Waals surface area contributed by atoms with Crippen molar-refractivity contribution in [3.8, 4) is 12.3 Å². The van der Waals surface area contributed by atoms with Crippen LogP contribution in [0.1, 0.15) is 13.3 Å². The third-order valence-electron chi connectivity index (χ3n) is 2.55. The lowest BCUT2D eigenvalue weighted by Gasteiger charge is -2.34. The number of nitrogens with zero attached hydrogens (tertiary/aromatic N) is 1. The molecule has 1 aliphatic heterocycles. The van der Waals surface area contributed by atoms with Crippen molar-refractivity contribution in [2.75, 3.05) is 33.3 Å². The Morgan fingerprint density at radius 2 is 2.50 bits per heavy atom. The van der Waals surface area contributed by atoms with Crippen LogP contribution >= 0.6 is 0 Å². The summed E-state index contributed by atoms with van der Waals surface area (Å²) in [5.74, 6) is 2.70. The van der Waals surface area contributed by atoms with Gasteiger partial charge in [0.2, 0.25) is 0 Å². The Kier molecular flexibility index (Phi) is 4.95. The van der Waals surface area contributed by atoms with Crippen molar-refractivity contribution in [2.24, 2.45) is 0 Å². The van der Waals surface area contributed by atoms with Crippen LogP contribution in [0.5, 0.6) is 0 Å². The van der Waals surface area contributed by atoms with Crippen LogP contribution in [-0.2, 0) is 4.74 Å². The van der Waals surface area contributed by atoms with Gasteiger partial charge < -0.3 is 15.0 Å². The predicted octanol–water partition coefficient (Wildman–Crippen LogP) is 0.318. The molecule has 2 unspecified atom stereocenters. The number of hydrogen-bond acceptors (Lipinski definition) is 3. The Labute approximate surface area is 86.8 Å².